The standard InChI is InChI=1S/C16H17Cl2N/c1-2-3-5-12-6-4-7-15(8-12)19-16-10-13(17)9-14(18)11-16/h4,6-11,19H,2-3,5H2,1H3. The fourth-order valence-corrected chi connectivity index (χ4v) is 2.50. The lowest BCUT2D eigenvalue weighted by Crippen LogP contribution is -1.92. The van der Waals surface area contributed by atoms with Crippen LogP contribution in [0.2, 0.25) is 10.0 Å². The van der Waals surface area contributed by atoms with Crippen LogP contribution in [0, 0.1) is 0 Å². The van der Waals surface area contributed by atoms with E-state index in [1.54, 1.807) is 6.07 Å². The topological polar surface area (TPSA) is 12.0 Å². The van der Waals surface area contributed by atoms with E-state index in [0.29, 0.717) is 10.0 Å². The van der Waals surface area contributed by atoms with Gasteiger partial charge in [-0.2, -0.15) is 0 Å². The molecule has 0 aliphatic rings. The number of hydrogen-bond acceptors (Lipinski definition) is 1. The molecule has 2 aromatic carbocycles. The van der Waals surface area contributed by atoms with Gasteiger partial charge >= 0.3 is 0 Å². The molecule has 0 aliphatic heterocycles. The van der Waals surface area contributed by atoms with Gasteiger partial charge in [0.25, 0.3) is 0 Å². The summed E-state index contributed by atoms with van der Waals surface area (Å²) in [6.07, 6.45) is 3.54. The van der Waals surface area contributed by atoms with E-state index >= 15 is 0 Å². The minimum atomic E-state index is 0.636. The van der Waals surface area contributed by atoms with Gasteiger partial charge in [-0.05, 0) is 48.7 Å². The monoisotopic (exact) mass is 293 g/mol. The number of nitrogens with one attached hydrogen (secondary N) is 1. The van der Waals surface area contributed by atoms with Crippen LogP contribution in [-0.4, -0.2) is 0 Å². The number of anilines is 2. The van der Waals surface area contributed by atoms with E-state index in [1.807, 2.05) is 18.2 Å². The second-order valence-electron chi connectivity index (χ2n) is 4.59. The molecule has 2 rings (SSSR count). The molecule has 0 atom stereocenters. The molecule has 3 heteroatoms. The highest BCUT2D eigenvalue weighted by Crippen LogP contribution is 2.25. The average molecular weight is 294 g/mol. The van der Waals surface area contributed by atoms with Crippen molar-refractivity contribution in [2.45, 2.75) is 26.2 Å². The van der Waals surface area contributed by atoms with Gasteiger partial charge in [-0.3, -0.25) is 0 Å². The Hall–Kier alpha value is -1.18. The van der Waals surface area contributed by atoms with Crippen LogP contribution >= 0.6 is 23.2 Å². The predicted octanol–water partition coefficient (Wildman–Crippen LogP) is 6.08. The minimum Gasteiger partial charge on any atom is -0.355 e. The van der Waals surface area contributed by atoms with Crippen molar-refractivity contribution in [1.29, 1.82) is 0 Å². The second-order valence-corrected chi connectivity index (χ2v) is 5.46. The van der Waals surface area contributed by atoms with Crippen LogP contribution in [-0.2, 0) is 6.42 Å². The normalized spacial score (nSPS) is 10.5. The summed E-state index contributed by atoms with van der Waals surface area (Å²) in [6, 6.07) is 13.9. The molecule has 0 spiro atoms. The highest BCUT2D eigenvalue weighted by Gasteiger charge is 2.00. The maximum Gasteiger partial charge on any atom is 0.0441 e. The number of benzene rings is 2. The lowest BCUT2D eigenvalue weighted by Gasteiger charge is -2.09. The minimum absolute atomic E-state index is 0.636. The predicted molar refractivity (Wildman–Crippen MR) is 84.8 cm³/mol. The zero-order chi connectivity index (χ0) is 13.7. The third-order valence-corrected chi connectivity index (χ3v) is 3.33. The third kappa shape index (κ3) is 4.45. The van der Waals surface area contributed by atoms with Crippen LogP contribution in [0.25, 0.3) is 0 Å². The van der Waals surface area contributed by atoms with Gasteiger partial charge in [0.15, 0.2) is 0 Å². The smallest absolute Gasteiger partial charge is 0.0441 e. The molecule has 0 bridgehead atoms. The molecule has 0 amide bonds. The molecule has 2 aromatic rings. The van der Waals surface area contributed by atoms with E-state index in [0.717, 1.165) is 17.8 Å². The molecule has 0 radical (unpaired) electrons. The Bertz CT molecular complexity index is 532. The van der Waals surface area contributed by atoms with Crippen LogP contribution in [0.15, 0.2) is 42.5 Å². The maximum atomic E-state index is 5.99. The molecule has 0 unspecified atom stereocenters. The maximum absolute atomic E-state index is 5.99. The number of unbranched alkanes of at least 4 members (excludes halogenated alkanes) is 1. The Morgan fingerprint density at radius 1 is 0.947 bits per heavy atom. The summed E-state index contributed by atoms with van der Waals surface area (Å²) < 4.78 is 0. The molecule has 100 valence electrons. The number of aryl methyl sites for hydroxylation is 1. The van der Waals surface area contributed by atoms with Crippen molar-refractivity contribution >= 4 is 34.6 Å². The molecule has 0 fully saturated rings. The molecule has 0 saturated heterocycles. The molecule has 0 saturated carbocycles. The van der Waals surface area contributed by atoms with Gasteiger partial charge in [0, 0.05) is 21.4 Å². The van der Waals surface area contributed by atoms with Crippen LogP contribution < -0.4 is 5.32 Å². The first kappa shape index (κ1) is 14.2. The third-order valence-electron chi connectivity index (χ3n) is 2.90. The SMILES string of the molecule is CCCCc1cccc(Nc2cc(Cl)cc(Cl)c2)c1. The van der Waals surface area contributed by atoms with Crippen molar-refractivity contribution in [3.8, 4) is 0 Å². The molecular weight excluding hydrogens is 277 g/mol. The summed E-state index contributed by atoms with van der Waals surface area (Å²) in [7, 11) is 0. The summed E-state index contributed by atoms with van der Waals surface area (Å²) in [5.74, 6) is 0. The highest BCUT2D eigenvalue weighted by atomic mass is 35.5. The van der Waals surface area contributed by atoms with Gasteiger partial charge in [0.05, 0.1) is 0 Å². The van der Waals surface area contributed by atoms with E-state index in [4.69, 9.17) is 23.2 Å². The van der Waals surface area contributed by atoms with Crippen molar-refractivity contribution in [2.75, 3.05) is 5.32 Å². The molecule has 0 heterocycles. The Kier molecular flexibility index (Phi) is 5.12. The summed E-state index contributed by atoms with van der Waals surface area (Å²) in [4.78, 5) is 0. The molecule has 19 heavy (non-hydrogen) atoms. The van der Waals surface area contributed by atoms with Gasteiger partial charge in [-0.1, -0.05) is 48.7 Å². The Labute approximate surface area is 124 Å². The van der Waals surface area contributed by atoms with E-state index in [9.17, 15) is 0 Å². The van der Waals surface area contributed by atoms with Crippen molar-refractivity contribution in [1.82, 2.24) is 0 Å². The quantitative estimate of drug-likeness (QED) is 0.704. The van der Waals surface area contributed by atoms with Gasteiger partial charge in [0.2, 0.25) is 0 Å². The molecule has 0 aliphatic carbocycles. The zero-order valence-corrected chi connectivity index (χ0v) is 12.4. The van der Waals surface area contributed by atoms with Crippen molar-refractivity contribution in [3.05, 3.63) is 58.1 Å². The van der Waals surface area contributed by atoms with E-state index in [-0.39, 0.29) is 0 Å². The first-order valence-electron chi connectivity index (χ1n) is 6.49. The number of rotatable bonds is 5. The van der Waals surface area contributed by atoms with E-state index in [1.165, 1.54) is 18.4 Å². The lowest BCUT2D eigenvalue weighted by atomic mass is 10.1. The Morgan fingerprint density at radius 2 is 1.68 bits per heavy atom. The molecule has 1 N–H and O–H groups in total. The molecular formula is C16H17Cl2N. The fourth-order valence-electron chi connectivity index (χ4n) is 1.98. The first-order valence-corrected chi connectivity index (χ1v) is 7.25. The summed E-state index contributed by atoms with van der Waals surface area (Å²) in [5, 5.41) is 4.61. The lowest BCUT2D eigenvalue weighted by molar-refractivity contribution is 0.795. The first-order chi connectivity index (χ1) is 9.17. The number of halogens is 2. The summed E-state index contributed by atoms with van der Waals surface area (Å²) >= 11 is 12.0. The largest absolute Gasteiger partial charge is 0.355 e. The summed E-state index contributed by atoms with van der Waals surface area (Å²) in [6.45, 7) is 2.20. The van der Waals surface area contributed by atoms with E-state index in [2.05, 4.69) is 30.4 Å². The van der Waals surface area contributed by atoms with Gasteiger partial charge in [0.1, 0.15) is 0 Å². The second kappa shape index (κ2) is 6.83. The van der Waals surface area contributed by atoms with Crippen molar-refractivity contribution in [3.63, 3.8) is 0 Å². The summed E-state index contributed by atoms with van der Waals surface area (Å²) in [5.41, 5.74) is 3.32. The van der Waals surface area contributed by atoms with E-state index < -0.39 is 0 Å². The Balaban J connectivity index is 2.13. The zero-order valence-electron chi connectivity index (χ0n) is 10.9. The van der Waals surface area contributed by atoms with Crippen LogP contribution in [0.3, 0.4) is 0 Å². The highest BCUT2D eigenvalue weighted by molar-refractivity contribution is 6.35. The van der Waals surface area contributed by atoms with Gasteiger partial charge < -0.3 is 5.32 Å². The van der Waals surface area contributed by atoms with Gasteiger partial charge in [-0.15, -0.1) is 0 Å². The van der Waals surface area contributed by atoms with Crippen molar-refractivity contribution < 1.29 is 0 Å². The average Bonchev–Trinajstić information content (AvgIpc) is 2.35. The Morgan fingerprint density at radius 3 is 2.37 bits per heavy atom. The van der Waals surface area contributed by atoms with Crippen molar-refractivity contribution in [2.24, 2.45) is 0 Å². The number of hydrogen-bond donors (Lipinski definition) is 1. The van der Waals surface area contributed by atoms with Gasteiger partial charge in [-0.25, -0.2) is 0 Å². The molecule has 0 aromatic heterocycles. The van der Waals surface area contributed by atoms with Crippen LogP contribution in [0.1, 0.15) is 25.3 Å². The van der Waals surface area contributed by atoms with Crippen LogP contribution in [0.5, 0.6) is 0 Å². The van der Waals surface area contributed by atoms with Crippen LogP contribution in [0.4, 0.5) is 11.4 Å². The fraction of sp³-hybridized carbons (Fsp3) is 0.250. The molecule has 1 nitrogen and oxygen atoms in total.